The molecule has 0 radical (unpaired) electrons. The highest BCUT2D eigenvalue weighted by Crippen LogP contribution is 2.76. The molecule has 0 amide bonds. The van der Waals surface area contributed by atoms with E-state index in [4.69, 9.17) is 33.2 Å². The molecular formula is C49H76O19. The Balaban J connectivity index is 1.03. The fourth-order valence-electron chi connectivity index (χ4n) is 15.0. The van der Waals surface area contributed by atoms with Crippen LogP contribution in [0.3, 0.4) is 0 Å². The van der Waals surface area contributed by atoms with Crippen LogP contribution in [0.15, 0.2) is 11.6 Å². The van der Waals surface area contributed by atoms with Crippen LogP contribution >= 0.6 is 0 Å². The molecule has 3 saturated heterocycles. The van der Waals surface area contributed by atoms with Gasteiger partial charge < -0.3 is 79.1 Å². The normalized spacial score (nSPS) is 50.8. The van der Waals surface area contributed by atoms with Crippen LogP contribution in [-0.4, -0.2) is 169 Å². The Bertz CT molecular complexity index is 1940. The molecule has 68 heavy (non-hydrogen) atoms. The molecule has 3 heterocycles. The average Bonchev–Trinajstić information content (AvgIpc) is 3.26. The van der Waals surface area contributed by atoms with E-state index < -0.39 is 134 Å². The summed E-state index contributed by atoms with van der Waals surface area (Å²) in [6.45, 7) is 15.9. The van der Waals surface area contributed by atoms with Gasteiger partial charge in [0.25, 0.3) is 0 Å². The molecule has 3 aliphatic heterocycles. The van der Waals surface area contributed by atoms with E-state index in [0.717, 1.165) is 45.4 Å². The summed E-state index contributed by atoms with van der Waals surface area (Å²) in [5, 5.41) is 94.3. The van der Waals surface area contributed by atoms with Gasteiger partial charge in [0.2, 0.25) is 6.29 Å². The largest absolute Gasteiger partial charge is 0.479 e. The number of carbonyl (C=O) groups is 3. The third kappa shape index (κ3) is 8.28. The van der Waals surface area contributed by atoms with Gasteiger partial charge in [-0.2, -0.15) is 0 Å². The Hall–Kier alpha value is -2.37. The van der Waals surface area contributed by atoms with Crippen molar-refractivity contribution in [2.45, 2.75) is 212 Å². The average molecular weight is 969 g/mol. The molecule has 0 aromatic heterocycles. The van der Waals surface area contributed by atoms with Gasteiger partial charge in [0, 0.05) is 6.92 Å². The lowest BCUT2D eigenvalue weighted by molar-refractivity contribution is -0.355. The zero-order chi connectivity index (χ0) is 49.8. The standard InChI is InChI=1S/C49H76O19/c1-22(51)63-37-35(58)36(66-40-33(56)30(53)25(52)21-62-40)38(39(59)60)67-42(37)65-29-12-13-46(6)27(45(29,4)5)11-14-48(8)28(46)10-9-23-24-19-44(2,3)15-17-49(24,18-16-47(23,48)7)43(61)68-41-34(57)32(55)31(54)26(20-50)64-41/h9,24-38,40-42,50,52-58H,10-21H2,1-8H3,(H,59,60)/t24-,25-,26+,27-,28+,29-,30-,31+,32-,33+,34+,35-,36-,37+,38-,40-,41-,42+,46-,47+,48+,49-/m0/s1. The minimum absolute atomic E-state index is 0.0776. The highest BCUT2D eigenvalue weighted by atomic mass is 16.8. The minimum atomic E-state index is -1.88. The molecule has 0 unspecified atom stereocenters. The lowest BCUT2D eigenvalue weighted by Gasteiger charge is -2.71. The van der Waals surface area contributed by atoms with Crippen molar-refractivity contribution >= 4 is 17.9 Å². The molecule has 5 aliphatic carbocycles. The van der Waals surface area contributed by atoms with E-state index in [9.17, 15) is 60.3 Å². The van der Waals surface area contributed by atoms with Crippen molar-refractivity contribution in [1.29, 1.82) is 0 Å². The summed E-state index contributed by atoms with van der Waals surface area (Å²) in [4.78, 5) is 39.9. The van der Waals surface area contributed by atoms with Crippen molar-refractivity contribution in [3.63, 3.8) is 0 Å². The van der Waals surface area contributed by atoms with Gasteiger partial charge in [0.15, 0.2) is 24.8 Å². The van der Waals surface area contributed by atoms with Crippen LogP contribution in [0, 0.1) is 50.2 Å². The maximum atomic E-state index is 14.7. The molecule has 19 nitrogen and oxygen atoms in total. The lowest BCUT2D eigenvalue weighted by atomic mass is 9.33. The lowest BCUT2D eigenvalue weighted by Crippen LogP contribution is -2.67. The second kappa shape index (κ2) is 18.3. The van der Waals surface area contributed by atoms with Gasteiger partial charge in [0.05, 0.1) is 24.7 Å². The predicted molar refractivity (Wildman–Crippen MR) is 234 cm³/mol. The maximum Gasteiger partial charge on any atom is 0.335 e. The van der Waals surface area contributed by atoms with Crippen molar-refractivity contribution < 1.29 is 93.5 Å². The van der Waals surface area contributed by atoms with E-state index in [1.165, 1.54) is 5.57 Å². The van der Waals surface area contributed by atoms with Crippen molar-refractivity contribution in [2.24, 2.45) is 50.2 Å². The number of allylic oxidation sites excluding steroid dienone is 2. The van der Waals surface area contributed by atoms with Crippen LogP contribution in [0.2, 0.25) is 0 Å². The third-order valence-electron chi connectivity index (χ3n) is 19.2. The number of aliphatic hydroxyl groups is 8. The molecule has 4 saturated carbocycles. The number of esters is 2. The van der Waals surface area contributed by atoms with E-state index in [-0.39, 0.29) is 39.4 Å². The van der Waals surface area contributed by atoms with Crippen LogP contribution in [0.4, 0.5) is 0 Å². The number of aliphatic carboxylic acids is 1. The predicted octanol–water partition coefficient (Wildman–Crippen LogP) is 1.44. The molecule has 7 fully saturated rings. The van der Waals surface area contributed by atoms with Gasteiger partial charge in [-0.1, -0.05) is 60.1 Å². The summed E-state index contributed by atoms with van der Waals surface area (Å²) in [5.74, 6) is -2.67. The second-order valence-corrected chi connectivity index (χ2v) is 23.6. The van der Waals surface area contributed by atoms with Crippen LogP contribution < -0.4 is 0 Å². The van der Waals surface area contributed by atoms with Crippen molar-refractivity contribution in [3.05, 3.63) is 11.6 Å². The molecule has 0 aromatic rings. The third-order valence-corrected chi connectivity index (χ3v) is 19.2. The van der Waals surface area contributed by atoms with Gasteiger partial charge >= 0.3 is 17.9 Å². The Morgan fingerprint density at radius 1 is 0.706 bits per heavy atom. The van der Waals surface area contributed by atoms with E-state index in [1.807, 2.05) is 0 Å². The van der Waals surface area contributed by atoms with Gasteiger partial charge in [-0.25, -0.2) is 4.79 Å². The number of carboxylic acids is 1. The molecule has 0 aromatic carbocycles. The zero-order valence-corrected chi connectivity index (χ0v) is 40.6. The fraction of sp³-hybridized carbons (Fsp3) is 0.898. The van der Waals surface area contributed by atoms with E-state index >= 15 is 0 Å². The molecule has 19 heteroatoms. The minimum Gasteiger partial charge on any atom is -0.479 e. The number of aliphatic hydroxyl groups excluding tert-OH is 8. The van der Waals surface area contributed by atoms with E-state index in [2.05, 4.69) is 54.5 Å². The van der Waals surface area contributed by atoms with Crippen molar-refractivity contribution in [3.8, 4) is 0 Å². The quantitative estimate of drug-likeness (QED) is 0.0897. The highest BCUT2D eigenvalue weighted by Gasteiger charge is 2.70. The topological polar surface area (TPSA) is 298 Å². The van der Waals surface area contributed by atoms with Gasteiger partial charge in [0.1, 0.15) is 54.9 Å². The van der Waals surface area contributed by atoms with E-state index in [1.54, 1.807) is 0 Å². The summed E-state index contributed by atoms with van der Waals surface area (Å²) in [6, 6.07) is 0. The molecule has 386 valence electrons. The van der Waals surface area contributed by atoms with Crippen molar-refractivity contribution in [1.82, 2.24) is 0 Å². The number of ether oxygens (including phenoxy) is 7. The molecule has 0 bridgehead atoms. The van der Waals surface area contributed by atoms with Crippen LogP contribution in [-0.2, 0) is 47.5 Å². The summed E-state index contributed by atoms with van der Waals surface area (Å²) in [6.07, 6.45) is -13.9. The number of fused-ring (bicyclic) bond motifs is 7. The first-order chi connectivity index (χ1) is 31.7. The summed E-state index contributed by atoms with van der Waals surface area (Å²) in [7, 11) is 0. The maximum absolute atomic E-state index is 14.7. The van der Waals surface area contributed by atoms with Crippen LogP contribution in [0.1, 0.15) is 120 Å². The van der Waals surface area contributed by atoms with Crippen molar-refractivity contribution in [2.75, 3.05) is 13.2 Å². The molecule has 22 atom stereocenters. The molecule has 0 spiro atoms. The SMILES string of the molecule is CC(=O)O[C@H]1[C@H](O[C@H]2CC[C@]3(C)[C@H]4CC=C5[C@@H]6CC(C)(C)CC[C@]6(C(=O)O[C@@H]6O[C@H](CO)[C@@H](O)[C@H](O)[C@H]6O)CC[C@@]5(C)[C@]4(C)CC[C@H]3C2(C)C)O[C@H](C(=O)O)[C@@H](O[C@@H]2OC[C@H](O)[C@H](O)[C@H]2O)[C@@H]1O. The first kappa shape index (κ1) is 52.0. The summed E-state index contributed by atoms with van der Waals surface area (Å²) >= 11 is 0. The second-order valence-electron chi connectivity index (χ2n) is 23.6. The Morgan fingerprint density at radius 2 is 1.38 bits per heavy atom. The number of carboxylic acid groups (broad SMARTS) is 1. The fourth-order valence-corrected chi connectivity index (χ4v) is 15.0. The number of carbonyl (C=O) groups excluding carboxylic acids is 2. The summed E-state index contributed by atoms with van der Waals surface area (Å²) in [5.41, 5.74) is -0.956. The first-order valence-electron chi connectivity index (χ1n) is 24.6. The van der Waals surface area contributed by atoms with E-state index in [0.29, 0.717) is 25.7 Å². The first-order valence-corrected chi connectivity index (χ1v) is 24.6. The molecule has 8 aliphatic rings. The number of hydrogen-bond acceptors (Lipinski definition) is 18. The Labute approximate surface area is 397 Å². The van der Waals surface area contributed by atoms with Gasteiger partial charge in [-0.3, -0.25) is 9.59 Å². The highest BCUT2D eigenvalue weighted by molar-refractivity contribution is 5.79. The Kier molecular flexibility index (Phi) is 14.0. The summed E-state index contributed by atoms with van der Waals surface area (Å²) < 4.78 is 41.0. The number of rotatable bonds is 9. The monoisotopic (exact) mass is 968 g/mol. The molecule has 9 N–H and O–H groups in total. The molecular weight excluding hydrogens is 893 g/mol. The number of hydrogen-bond donors (Lipinski definition) is 9. The molecule has 8 rings (SSSR count). The van der Waals surface area contributed by atoms with Crippen LogP contribution in [0.5, 0.6) is 0 Å². The Morgan fingerprint density at radius 3 is 2.04 bits per heavy atom. The van der Waals surface area contributed by atoms with Crippen LogP contribution in [0.25, 0.3) is 0 Å². The van der Waals surface area contributed by atoms with Gasteiger partial charge in [-0.05, 0) is 109 Å². The smallest absolute Gasteiger partial charge is 0.335 e. The zero-order valence-electron chi connectivity index (χ0n) is 40.6. The van der Waals surface area contributed by atoms with Gasteiger partial charge in [-0.15, -0.1) is 0 Å².